The Bertz CT molecular complexity index is 1310. The van der Waals surface area contributed by atoms with Gasteiger partial charge in [0.2, 0.25) is 12.2 Å². The Balaban J connectivity index is 3.25. The first-order valence-electron chi connectivity index (χ1n) is 10.3. The molecule has 216 valence electrons. The molecule has 1 heterocycles. The van der Waals surface area contributed by atoms with Crippen LogP contribution in [0.2, 0.25) is 10.0 Å². The van der Waals surface area contributed by atoms with Crippen LogP contribution in [0.15, 0.2) is 29.6 Å². The number of methoxy groups -OCH3 is 1. The third kappa shape index (κ3) is 6.78. The van der Waals surface area contributed by atoms with E-state index in [9.17, 15) is 49.1 Å². The van der Waals surface area contributed by atoms with E-state index in [1.54, 1.807) is 0 Å². The predicted octanol–water partition coefficient (Wildman–Crippen LogP) is 6.47. The van der Waals surface area contributed by atoms with Gasteiger partial charge in [-0.15, -0.1) is 6.58 Å². The summed E-state index contributed by atoms with van der Waals surface area (Å²) in [5.41, 5.74) is -9.06. The van der Waals surface area contributed by atoms with Gasteiger partial charge in [0, 0.05) is 13.2 Å². The summed E-state index contributed by atoms with van der Waals surface area (Å²) in [6.07, 6.45) is -17.9. The largest absolute Gasteiger partial charge is 0.466 e. The van der Waals surface area contributed by atoms with Crippen LogP contribution in [0.25, 0.3) is 0 Å². The van der Waals surface area contributed by atoms with Gasteiger partial charge in [-0.25, -0.2) is 9.78 Å². The highest BCUT2D eigenvalue weighted by atomic mass is 35.5. The monoisotopic (exact) mass is 615 g/mol. The van der Waals surface area contributed by atoms with Crippen molar-refractivity contribution in [3.8, 4) is 0 Å². The van der Waals surface area contributed by atoms with Gasteiger partial charge in [-0.3, -0.25) is 14.3 Å². The fourth-order valence-corrected chi connectivity index (χ4v) is 3.74. The van der Waals surface area contributed by atoms with Crippen LogP contribution in [0.4, 0.5) is 51.1 Å². The topological polar surface area (TPSA) is 73.7 Å². The number of ether oxygens (including phenoxy) is 2. The Morgan fingerprint density at radius 1 is 1.08 bits per heavy atom. The SMILES string of the molecule is C=CCn1c(N(c2cc(C(F)(F)F)cc(C(F)(F)F)c2Cl)C(OCC)C(=O)OC)nc(C(F)(F)F)c(Cl)c1=O. The molecule has 0 fully saturated rings. The second-order valence-electron chi connectivity index (χ2n) is 7.33. The minimum atomic E-state index is -5.52. The van der Waals surface area contributed by atoms with E-state index in [0.717, 1.165) is 13.2 Å². The lowest BCUT2D eigenvalue weighted by molar-refractivity contribution is -0.153. The van der Waals surface area contributed by atoms with Crippen molar-refractivity contribution in [2.75, 3.05) is 18.6 Å². The third-order valence-corrected chi connectivity index (χ3v) is 5.54. The van der Waals surface area contributed by atoms with Gasteiger partial charge >= 0.3 is 24.5 Å². The number of allylic oxidation sites excluding steroid dienone is 1. The fourth-order valence-electron chi connectivity index (χ4n) is 3.19. The quantitative estimate of drug-likeness (QED) is 0.147. The summed E-state index contributed by atoms with van der Waals surface area (Å²) < 4.78 is 133. The molecule has 0 amide bonds. The van der Waals surface area contributed by atoms with E-state index >= 15 is 0 Å². The number of carbonyl (C=O) groups excluding carboxylic acids is 1. The zero-order valence-electron chi connectivity index (χ0n) is 19.6. The van der Waals surface area contributed by atoms with E-state index in [1.165, 1.54) is 6.92 Å². The van der Waals surface area contributed by atoms with Crippen LogP contribution in [0.3, 0.4) is 0 Å². The summed E-state index contributed by atoms with van der Waals surface area (Å²) in [5.74, 6) is -2.82. The van der Waals surface area contributed by atoms with E-state index in [2.05, 4.69) is 16.3 Å². The van der Waals surface area contributed by atoms with E-state index in [-0.39, 0.29) is 17.0 Å². The van der Waals surface area contributed by atoms with Crippen molar-refractivity contribution in [1.82, 2.24) is 9.55 Å². The first-order chi connectivity index (χ1) is 17.8. The number of esters is 1. The molecule has 0 N–H and O–H groups in total. The summed E-state index contributed by atoms with van der Waals surface area (Å²) >= 11 is 11.4. The molecule has 0 radical (unpaired) electrons. The van der Waals surface area contributed by atoms with Crippen LogP contribution in [-0.2, 0) is 39.3 Å². The molecule has 0 saturated heterocycles. The van der Waals surface area contributed by atoms with Crippen LogP contribution in [-0.4, -0.2) is 35.5 Å². The number of halogens is 11. The summed E-state index contributed by atoms with van der Waals surface area (Å²) in [7, 11) is 0.745. The minimum Gasteiger partial charge on any atom is -0.466 e. The third-order valence-electron chi connectivity index (χ3n) is 4.80. The van der Waals surface area contributed by atoms with Gasteiger partial charge in [0.25, 0.3) is 5.56 Å². The zero-order valence-corrected chi connectivity index (χ0v) is 21.1. The number of alkyl halides is 9. The van der Waals surface area contributed by atoms with Crippen molar-refractivity contribution in [3.63, 3.8) is 0 Å². The van der Waals surface area contributed by atoms with Crippen LogP contribution >= 0.6 is 23.2 Å². The van der Waals surface area contributed by atoms with Crippen LogP contribution in [0.1, 0.15) is 23.7 Å². The van der Waals surface area contributed by atoms with Gasteiger partial charge in [-0.05, 0) is 19.1 Å². The number of carbonyl (C=O) groups is 1. The Hall–Kier alpha value is -2.98. The van der Waals surface area contributed by atoms with Crippen molar-refractivity contribution in [2.24, 2.45) is 0 Å². The first-order valence-corrected chi connectivity index (χ1v) is 11.0. The maximum atomic E-state index is 13.7. The van der Waals surface area contributed by atoms with Crippen molar-refractivity contribution in [2.45, 2.75) is 38.2 Å². The zero-order chi connectivity index (χ0) is 30.1. The van der Waals surface area contributed by atoms with Gasteiger partial charge in [-0.2, -0.15) is 39.5 Å². The van der Waals surface area contributed by atoms with E-state index in [1.807, 2.05) is 0 Å². The lowest BCUT2D eigenvalue weighted by Gasteiger charge is -2.33. The average Bonchev–Trinajstić information content (AvgIpc) is 2.80. The molecule has 0 bridgehead atoms. The number of hydrogen-bond acceptors (Lipinski definition) is 6. The molecule has 0 spiro atoms. The Labute approximate surface area is 223 Å². The number of rotatable bonds is 8. The molecule has 1 atom stereocenters. The average molecular weight is 616 g/mol. The highest BCUT2D eigenvalue weighted by Gasteiger charge is 2.44. The second kappa shape index (κ2) is 11.6. The van der Waals surface area contributed by atoms with Crippen molar-refractivity contribution >= 4 is 40.8 Å². The number of benzene rings is 1. The van der Waals surface area contributed by atoms with Gasteiger partial charge in [0.1, 0.15) is 5.02 Å². The fraction of sp³-hybridized carbons (Fsp3) is 0.381. The minimum absolute atomic E-state index is 0.0127. The standard InChI is InChI=1S/C21H16Cl2F9N3O4/c1-4-6-34-15(36)13(23)14(21(30,31)32)33-18(34)35(16(39-5-2)17(37)38-3)11-8-9(19(24,25)26)7-10(12(11)22)20(27,28)29/h4,7-8,16H,1,5-6H2,2-3H3. The first kappa shape index (κ1) is 32.2. The van der Waals surface area contributed by atoms with E-state index in [0.29, 0.717) is 4.57 Å². The normalized spacial score (nSPS) is 13.3. The van der Waals surface area contributed by atoms with Crippen molar-refractivity contribution in [3.05, 3.63) is 62.0 Å². The molecule has 1 aromatic heterocycles. The molecule has 1 unspecified atom stereocenters. The smallest absolute Gasteiger partial charge is 0.435 e. The number of nitrogens with zero attached hydrogens (tertiary/aromatic N) is 3. The predicted molar refractivity (Wildman–Crippen MR) is 120 cm³/mol. The van der Waals surface area contributed by atoms with Crippen LogP contribution in [0.5, 0.6) is 0 Å². The molecule has 0 aliphatic heterocycles. The van der Waals surface area contributed by atoms with Crippen molar-refractivity contribution < 1.29 is 53.8 Å². The van der Waals surface area contributed by atoms with Crippen molar-refractivity contribution in [1.29, 1.82) is 0 Å². The summed E-state index contributed by atoms with van der Waals surface area (Å²) in [4.78, 5) is 28.7. The Morgan fingerprint density at radius 3 is 2.10 bits per heavy atom. The van der Waals surface area contributed by atoms with Gasteiger partial charge in [0.05, 0.1) is 28.9 Å². The molecular weight excluding hydrogens is 600 g/mol. The Morgan fingerprint density at radius 2 is 1.67 bits per heavy atom. The molecule has 1 aromatic carbocycles. The summed E-state index contributed by atoms with van der Waals surface area (Å²) in [6, 6.07) is -0.329. The van der Waals surface area contributed by atoms with Gasteiger partial charge < -0.3 is 9.47 Å². The van der Waals surface area contributed by atoms with E-state index < -0.39 is 87.9 Å². The lowest BCUT2D eigenvalue weighted by Crippen LogP contribution is -2.45. The Kier molecular flexibility index (Phi) is 9.62. The molecule has 0 aliphatic rings. The molecule has 0 aliphatic carbocycles. The van der Waals surface area contributed by atoms with Gasteiger partial charge in [0.15, 0.2) is 5.69 Å². The maximum Gasteiger partial charge on any atom is 0.435 e. The molecule has 39 heavy (non-hydrogen) atoms. The summed E-state index contributed by atoms with van der Waals surface area (Å²) in [6.45, 7) is 3.32. The molecule has 18 heteroatoms. The lowest BCUT2D eigenvalue weighted by atomic mass is 10.1. The molecule has 2 aromatic rings. The molecule has 0 saturated carbocycles. The van der Waals surface area contributed by atoms with Crippen LogP contribution < -0.4 is 10.5 Å². The number of hydrogen-bond donors (Lipinski definition) is 0. The maximum absolute atomic E-state index is 13.7. The highest BCUT2D eigenvalue weighted by molar-refractivity contribution is 6.34. The number of aromatic nitrogens is 2. The molecule has 2 rings (SSSR count). The second-order valence-corrected chi connectivity index (χ2v) is 8.09. The number of anilines is 2. The highest BCUT2D eigenvalue weighted by Crippen LogP contribution is 2.46. The summed E-state index contributed by atoms with van der Waals surface area (Å²) in [5, 5.41) is -2.97. The molecular formula is C21H16Cl2F9N3O4. The van der Waals surface area contributed by atoms with E-state index in [4.69, 9.17) is 27.9 Å². The van der Waals surface area contributed by atoms with Gasteiger partial charge in [-0.1, -0.05) is 29.3 Å². The van der Waals surface area contributed by atoms with Crippen LogP contribution in [0, 0.1) is 0 Å². The molecule has 7 nitrogen and oxygen atoms in total.